The Kier molecular flexibility index (Phi) is 6.12. The van der Waals surface area contributed by atoms with Crippen LogP contribution in [0, 0.1) is 0 Å². The second-order valence-corrected chi connectivity index (χ2v) is 5.02. The minimum Gasteiger partial charge on any atom is -0.334 e. The largest absolute Gasteiger partial charge is 0.334 e. The zero-order chi connectivity index (χ0) is 14.4. The summed E-state index contributed by atoms with van der Waals surface area (Å²) < 4.78 is 0. The Labute approximate surface area is 122 Å². The van der Waals surface area contributed by atoms with Crippen LogP contribution in [0.5, 0.6) is 0 Å². The maximum absolute atomic E-state index is 11.8. The van der Waals surface area contributed by atoms with Gasteiger partial charge in [-0.15, -0.1) is 0 Å². The fraction of sp³-hybridized carbons (Fsp3) is 0.385. The lowest BCUT2D eigenvalue weighted by molar-refractivity contribution is -0.132. The Balaban J connectivity index is 2.66. The van der Waals surface area contributed by atoms with E-state index in [0.717, 1.165) is 6.42 Å². The van der Waals surface area contributed by atoms with Crippen LogP contribution in [-0.4, -0.2) is 29.8 Å². The van der Waals surface area contributed by atoms with Gasteiger partial charge in [0.15, 0.2) is 0 Å². The predicted octanol–water partition coefficient (Wildman–Crippen LogP) is 3.19. The first-order chi connectivity index (χ1) is 8.92. The summed E-state index contributed by atoms with van der Waals surface area (Å²) in [6.07, 6.45) is 0.801. The topological polar surface area (TPSA) is 49.4 Å². The zero-order valence-electron chi connectivity index (χ0n) is 10.9. The average molecular weight is 303 g/mol. The van der Waals surface area contributed by atoms with Gasteiger partial charge in [0.1, 0.15) is 0 Å². The summed E-state index contributed by atoms with van der Waals surface area (Å²) in [7, 11) is 0. The molecule has 0 saturated heterocycles. The molecule has 0 spiro atoms. The van der Waals surface area contributed by atoms with E-state index in [-0.39, 0.29) is 18.4 Å². The lowest BCUT2D eigenvalue weighted by Gasteiger charge is -2.19. The number of hydrogen-bond donors (Lipinski definition) is 1. The monoisotopic (exact) mass is 302 g/mol. The van der Waals surface area contributed by atoms with E-state index in [0.29, 0.717) is 22.3 Å². The van der Waals surface area contributed by atoms with Crippen LogP contribution in [0.25, 0.3) is 0 Å². The van der Waals surface area contributed by atoms with Crippen molar-refractivity contribution in [2.24, 2.45) is 0 Å². The number of amides is 2. The van der Waals surface area contributed by atoms with E-state index in [9.17, 15) is 9.59 Å². The number of hydrogen-bond acceptors (Lipinski definition) is 2. The predicted molar refractivity (Wildman–Crippen MR) is 77.6 cm³/mol. The molecule has 19 heavy (non-hydrogen) atoms. The van der Waals surface area contributed by atoms with Crippen molar-refractivity contribution in [2.45, 2.75) is 20.3 Å². The maximum Gasteiger partial charge on any atom is 0.243 e. The first-order valence-corrected chi connectivity index (χ1v) is 6.69. The number of carbonyl (C=O) groups excluding carboxylic acids is 2. The molecule has 4 nitrogen and oxygen atoms in total. The molecule has 1 rings (SSSR count). The lowest BCUT2D eigenvalue weighted by Crippen LogP contribution is -2.37. The number of rotatable bonds is 5. The molecule has 0 heterocycles. The van der Waals surface area contributed by atoms with Gasteiger partial charge < -0.3 is 10.2 Å². The lowest BCUT2D eigenvalue weighted by atomic mass is 10.3. The summed E-state index contributed by atoms with van der Waals surface area (Å²) in [5, 5.41) is 3.55. The van der Waals surface area contributed by atoms with Gasteiger partial charge in [0.2, 0.25) is 11.8 Å². The maximum atomic E-state index is 11.8. The Morgan fingerprint density at radius 2 is 1.79 bits per heavy atom. The summed E-state index contributed by atoms with van der Waals surface area (Å²) in [6.45, 7) is 3.97. The van der Waals surface area contributed by atoms with E-state index in [1.54, 1.807) is 18.2 Å². The Bertz CT molecular complexity index is 457. The van der Waals surface area contributed by atoms with Crippen molar-refractivity contribution in [1.29, 1.82) is 0 Å². The minimum atomic E-state index is -0.276. The van der Waals surface area contributed by atoms with Gasteiger partial charge in [-0.2, -0.15) is 0 Å². The average Bonchev–Trinajstić information content (AvgIpc) is 2.26. The quantitative estimate of drug-likeness (QED) is 0.908. The molecular weight excluding hydrogens is 287 g/mol. The Hall–Kier alpha value is -1.26. The number of anilines is 1. The molecule has 0 aliphatic rings. The standard InChI is InChI=1S/C13H16Cl2N2O2/c1-3-4-17(9(2)18)8-13(19)16-12-6-10(14)5-11(15)7-12/h5-7H,3-4,8H2,1-2H3,(H,16,19). The molecule has 104 valence electrons. The van der Waals surface area contributed by atoms with Crippen molar-refractivity contribution in [2.75, 3.05) is 18.4 Å². The van der Waals surface area contributed by atoms with Crippen molar-refractivity contribution >= 4 is 40.7 Å². The van der Waals surface area contributed by atoms with Crippen LogP contribution in [0.15, 0.2) is 18.2 Å². The number of nitrogens with zero attached hydrogens (tertiary/aromatic N) is 1. The SMILES string of the molecule is CCCN(CC(=O)Nc1cc(Cl)cc(Cl)c1)C(C)=O. The summed E-state index contributed by atoms with van der Waals surface area (Å²) in [5.74, 6) is -0.400. The summed E-state index contributed by atoms with van der Waals surface area (Å²) in [4.78, 5) is 24.7. The molecule has 0 saturated carbocycles. The van der Waals surface area contributed by atoms with E-state index in [4.69, 9.17) is 23.2 Å². The molecule has 0 atom stereocenters. The molecule has 1 aromatic carbocycles. The van der Waals surface area contributed by atoms with Crippen molar-refractivity contribution in [3.05, 3.63) is 28.2 Å². The first-order valence-electron chi connectivity index (χ1n) is 5.93. The van der Waals surface area contributed by atoms with Crippen LogP contribution >= 0.6 is 23.2 Å². The van der Waals surface area contributed by atoms with Crippen molar-refractivity contribution in [3.63, 3.8) is 0 Å². The van der Waals surface area contributed by atoms with Crippen molar-refractivity contribution < 1.29 is 9.59 Å². The molecule has 0 aromatic heterocycles. The van der Waals surface area contributed by atoms with Crippen LogP contribution in [0.1, 0.15) is 20.3 Å². The summed E-state index contributed by atoms with van der Waals surface area (Å²) in [5.41, 5.74) is 0.516. The van der Waals surface area contributed by atoms with Gasteiger partial charge in [0, 0.05) is 29.2 Å². The van der Waals surface area contributed by atoms with E-state index in [1.165, 1.54) is 11.8 Å². The van der Waals surface area contributed by atoms with Crippen LogP contribution in [0.4, 0.5) is 5.69 Å². The summed E-state index contributed by atoms with van der Waals surface area (Å²) in [6, 6.07) is 4.78. The van der Waals surface area contributed by atoms with E-state index < -0.39 is 0 Å². The highest BCUT2D eigenvalue weighted by molar-refractivity contribution is 6.35. The van der Waals surface area contributed by atoms with Gasteiger partial charge in [-0.25, -0.2) is 0 Å². The third kappa shape index (κ3) is 5.49. The Morgan fingerprint density at radius 1 is 1.21 bits per heavy atom. The number of halogens is 2. The van der Waals surface area contributed by atoms with Gasteiger partial charge in [-0.05, 0) is 24.6 Å². The number of benzene rings is 1. The second kappa shape index (κ2) is 7.36. The van der Waals surface area contributed by atoms with Gasteiger partial charge in [0.25, 0.3) is 0 Å². The third-order valence-corrected chi connectivity index (χ3v) is 2.86. The fourth-order valence-corrected chi connectivity index (χ4v) is 2.14. The molecular formula is C13H16Cl2N2O2. The van der Waals surface area contributed by atoms with Gasteiger partial charge in [-0.3, -0.25) is 9.59 Å². The molecule has 2 amide bonds. The fourth-order valence-electron chi connectivity index (χ4n) is 1.62. The molecule has 1 N–H and O–H groups in total. The minimum absolute atomic E-state index is 0.0211. The van der Waals surface area contributed by atoms with E-state index >= 15 is 0 Å². The first kappa shape index (κ1) is 15.8. The molecule has 6 heteroatoms. The molecule has 0 radical (unpaired) electrons. The second-order valence-electron chi connectivity index (χ2n) is 4.15. The molecule has 1 aromatic rings. The number of nitrogens with one attached hydrogen (secondary N) is 1. The highest BCUT2D eigenvalue weighted by atomic mass is 35.5. The van der Waals surface area contributed by atoms with Gasteiger partial charge >= 0.3 is 0 Å². The van der Waals surface area contributed by atoms with E-state index in [2.05, 4.69) is 5.32 Å². The summed E-state index contributed by atoms with van der Waals surface area (Å²) >= 11 is 11.7. The van der Waals surface area contributed by atoms with Crippen LogP contribution in [-0.2, 0) is 9.59 Å². The highest BCUT2D eigenvalue weighted by Crippen LogP contribution is 2.22. The molecule has 0 aliphatic heterocycles. The Morgan fingerprint density at radius 3 is 2.26 bits per heavy atom. The molecule has 0 unspecified atom stereocenters. The molecule has 0 bridgehead atoms. The van der Waals surface area contributed by atoms with Gasteiger partial charge in [0.05, 0.1) is 6.54 Å². The van der Waals surface area contributed by atoms with Gasteiger partial charge in [-0.1, -0.05) is 30.1 Å². The smallest absolute Gasteiger partial charge is 0.243 e. The third-order valence-electron chi connectivity index (χ3n) is 2.42. The molecule has 0 aliphatic carbocycles. The van der Waals surface area contributed by atoms with Crippen molar-refractivity contribution in [3.8, 4) is 0 Å². The molecule has 0 fully saturated rings. The highest BCUT2D eigenvalue weighted by Gasteiger charge is 2.13. The van der Waals surface area contributed by atoms with Crippen molar-refractivity contribution in [1.82, 2.24) is 4.90 Å². The normalized spacial score (nSPS) is 10.1. The van der Waals surface area contributed by atoms with E-state index in [1.807, 2.05) is 6.92 Å². The van der Waals surface area contributed by atoms with Crippen LogP contribution < -0.4 is 5.32 Å². The zero-order valence-corrected chi connectivity index (χ0v) is 12.4. The number of carbonyl (C=O) groups is 2. The van der Waals surface area contributed by atoms with Crippen LogP contribution in [0.2, 0.25) is 10.0 Å². The van der Waals surface area contributed by atoms with Crippen LogP contribution in [0.3, 0.4) is 0 Å².